The van der Waals surface area contributed by atoms with Crippen LogP contribution in [-0.4, -0.2) is 42.1 Å². The Labute approximate surface area is 179 Å². The molecule has 0 bridgehead atoms. The first-order chi connectivity index (χ1) is 14.4. The van der Waals surface area contributed by atoms with Crippen molar-refractivity contribution in [2.75, 3.05) is 20.3 Å². The highest BCUT2D eigenvalue weighted by molar-refractivity contribution is 8.18. The van der Waals surface area contributed by atoms with E-state index < -0.39 is 5.91 Å². The van der Waals surface area contributed by atoms with E-state index >= 15 is 0 Å². The van der Waals surface area contributed by atoms with Crippen LogP contribution in [0.4, 0.5) is 5.69 Å². The Balaban J connectivity index is 1.85. The predicted octanol–water partition coefficient (Wildman–Crippen LogP) is 3.49. The van der Waals surface area contributed by atoms with Crippen LogP contribution in [0.5, 0.6) is 11.5 Å². The van der Waals surface area contributed by atoms with Gasteiger partial charge in [0.15, 0.2) is 23.3 Å². The van der Waals surface area contributed by atoms with E-state index in [1.54, 1.807) is 31.3 Å². The van der Waals surface area contributed by atoms with Crippen molar-refractivity contribution in [1.29, 1.82) is 0 Å². The van der Waals surface area contributed by atoms with Crippen molar-refractivity contribution in [2.45, 2.75) is 13.8 Å². The summed E-state index contributed by atoms with van der Waals surface area (Å²) in [6.45, 7) is 4.05. The molecular formula is C22H23N3O4S. The van der Waals surface area contributed by atoms with Crippen LogP contribution in [0.1, 0.15) is 18.1 Å². The molecule has 0 saturated carbocycles. The molecule has 0 aromatic heterocycles. The van der Waals surface area contributed by atoms with Gasteiger partial charge in [0, 0.05) is 7.05 Å². The van der Waals surface area contributed by atoms with E-state index in [2.05, 4.69) is 4.99 Å². The molecule has 1 fully saturated rings. The number of aryl methyl sites for hydroxylation is 1. The Morgan fingerprint density at radius 2 is 1.90 bits per heavy atom. The Morgan fingerprint density at radius 1 is 1.17 bits per heavy atom. The zero-order chi connectivity index (χ0) is 21.7. The molecule has 3 rings (SSSR count). The highest BCUT2D eigenvalue weighted by atomic mass is 32.2. The molecule has 1 aliphatic heterocycles. The van der Waals surface area contributed by atoms with Gasteiger partial charge in [-0.15, -0.1) is 0 Å². The molecule has 0 spiro atoms. The fraction of sp³-hybridized carbons (Fsp3) is 0.227. The second-order valence-corrected chi connectivity index (χ2v) is 7.61. The maximum atomic E-state index is 12.7. The Hall–Kier alpha value is -3.26. The van der Waals surface area contributed by atoms with Crippen LogP contribution < -0.4 is 15.2 Å². The van der Waals surface area contributed by atoms with Gasteiger partial charge in [-0.25, -0.2) is 4.99 Å². The Morgan fingerprint density at radius 3 is 2.57 bits per heavy atom. The van der Waals surface area contributed by atoms with Gasteiger partial charge in [0.25, 0.3) is 11.8 Å². The molecule has 2 N–H and O–H groups in total. The van der Waals surface area contributed by atoms with Gasteiger partial charge in [-0.1, -0.05) is 23.8 Å². The number of likely N-dealkylation sites (N-methyl/N-ethyl adjacent to an activating group) is 1. The minimum atomic E-state index is -0.569. The number of nitrogens with two attached hydrogens (primary N) is 1. The molecule has 1 aliphatic rings. The maximum absolute atomic E-state index is 12.7. The van der Waals surface area contributed by atoms with Gasteiger partial charge in [-0.05, 0) is 61.5 Å². The molecule has 2 aromatic rings. The number of thioether (sulfide) groups is 1. The molecule has 2 amide bonds. The number of primary amides is 1. The quantitative estimate of drug-likeness (QED) is 0.686. The van der Waals surface area contributed by atoms with Crippen LogP contribution in [0.15, 0.2) is 52.4 Å². The lowest BCUT2D eigenvalue weighted by Gasteiger charge is -2.11. The summed E-state index contributed by atoms with van der Waals surface area (Å²) in [5, 5.41) is 0.613. The van der Waals surface area contributed by atoms with Crippen LogP contribution in [0, 0.1) is 6.92 Å². The van der Waals surface area contributed by atoms with Crippen LogP contribution in [-0.2, 0) is 9.59 Å². The number of aliphatic imine (C=N–C) groups is 1. The largest absolute Gasteiger partial charge is 0.490 e. The van der Waals surface area contributed by atoms with E-state index in [1.807, 2.05) is 38.1 Å². The van der Waals surface area contributed by atoms with Crippen LogP contribution in [0.3, 0.4) is 0 Å². The molecule has 1 heterocycles. The van der Waals surface area contributed by atoms with Crippen molar-refractivity contribution < 1.29 is 19.1 Å². The lowest BCUT2D eigenvalue weighted by Crippen LogP contribution is -2.23. The van der Waals surface area contributed by atoms with Gasteiger partial charge >= 0.3 is 0 Å². The summed E-state index contributed by atoms with van der Waals surface area (Å²) in [5.41, 5.74) is 7.85. The number of carbonyl (C=O) groups is 2. The number of hydrogen-bond acceptors (Lipinski definition) is 6. The zero-order valence-electron chi connectivity index (χ0n) is 17.0. The fourth-order valence-corrected chi connectivity index (χ4v) is 3.67. The van der Waals surface area contributed by atoms with Crippen molar-refractivity contribution in [3.63, 3.8) is 0 Å². The van der Waals surface area contributed by atoms with E-state index in [9.17, 15) is 9.59 Å². The number of hydrogen-bond donors (Lipinski definition) is 1. The maximum Gasteiger partial charge on any atom is 0.266 e. The number of rotatable bonds is 7. The van der Waals surface area contributed by atoms with Gasteiger partial charge in [0.1, 0.15) is 0 Å². The van der Waals surface area contributed by atoms with E-state index in [0.29, 0.717) is 28.2 Å². The summed E-state index contributed by atoms with van der Waals surface area (Å²) in [6.07, 6.45) is 1.78. The number of amides is 2. The van der Waals surface area contributed by atoms with Crippen LogP contribution in [0.2, 0.25) is 0 Å². The third-order valence-electron chi connectivity index (χ3n) is 4.20. The van der Waals surface area contributed by atoms with Crippen molar-refractivity contribution in [2.24, 2.45) is 10.7 Å². The topological polar surface area (TPSA) is 94.2 Å². The van der Waals surface area contributed by atoms with Crippen LogP contribution >= 0.6 is 11.8 Å². The van der Waals surface area contributed by atoms with Crippen molar-refractivity contribution in [1.82, 2.24) is 4.90 Å². The number of amidine groups is 1. The second-order valence-electron chi connectivity index (χ2n) is 6.60. The first-order valence-corrected chi connectivity index (χ1v) is 10.2. The minimum absolute atomic E-state index is 0.127. The highest BCUT2D eigenvalue weighted by Gasteiger charge is 2.30. The molecule has 8 heteroatoms. The van der Waals surface area contributed by atoms with E-state index in [4.69, 9.17) is 15.2 Å². The highest BCUT2D eigenvalue weighted by Crippen LogP contribution is 2.35. The van der Waals surface area contributed by atoms with Crippen molar-refractivity contribution in [3.8, 4) is 11.5 Å². The number of ether oxygens (including phenoxy) is 2. The zero-order valence-corrected chi connectivity index (χ0v) is 17.9. The number of nitrogens with zero attached hydrogens (tertiary/aromatic N) is 2. The molecule has 2 aromatic carbocycles. The van der Waals surface area contributed by atoms with Gasteiger partial charge < -0.3 is 15.2 Å². The minimum Gasteiger partial charge on any atom is -0.490 e. The predicted molar refractivity (Wildman–Crippen MR) is 119 cm³/mol. The van der Waals surface area contributed by atoms with Crippen LogP contribution in [0.25, 0.3) is 6.08 Å². The lowest BCUT2D eigenvalue weighted by atomic mass is 10.2. The molecule has 0 aliphatic carbocycles. The summed E-state index contributed by atoms with van der Waals surface area (Å²) in [5.74, 6) is 0.199. The summed E-state index contributed by atoms with van der Waals surface area (Å²) in [7, 11) is 1.70. The summed E-state index contributed by atoms with van der Waals surface area (Å²) < 4.78 is 11.0. The second kappa shape index (κ2) is 9.49. The van der Waals surface area contributed by atoms with Gasteiger partial charge in [-0.3, -0.25) is 14.5 Å². The normalized spacial score (nSPS) is 16.4. The van der Waals surface area contributed by atoms with Gasteiger partial charge in [0.2, 0.25) is 0 Å². The van der Waals surface area contributed by atoms with Crippen molar-refractivity contribution in [3.05, 3.63) is 58.5 Å². The summed E-state index contributed by atoms with van der Waals surface area (Å²) in [4.78, 5) is 30.3. The molecule has 1 saturated heterocycles. The Bertz CT molecular complexity index is 1020. The SMILES string of the molecule is CCOc1cc(/C=C2/SC(=Nc3ccc(C)cc3)N(C)C2=O)ccc1OCC(N)=O. The molecular weight excluding hydrogens is 402 g/mol. The van der Waals surface area contributed by atoms with E-state index in [0.717, 1.165) is 16.8 Å². The fourth-order valence-electron chi connectivity index (χ4n) is 2.68. The molecule has 7 nitrogen and oxygen atoms in total. The van der Waals surface area contributed by atoms with Crippen molar-refractivity contribution >= 4 is 40.5 Å². The number of carbonyl (C=O) groups excluding carboxylic acids is 2. The lowest BCUT2D eigenvalue weighted by molar-refractivity contribution is -0.121. The first-order valence-electron chi connectivity index (χ1n) is 9.38. The van der Waals surface area contributed by atoms with E-state index in [-0.39, 0.29) is 12.5 Å². The monoisotopic (exact) mass is 425 g/mol. The third kappa shape index (κ3) is 5.21. The summed E-state index contributed by atoms with van der Waals surface area (Å²) >= 11 is 1.31. The average molecular weight is 426 g/mol. The average Bonchev–Trinajstić information content (AvgIpc) is 2.97. The molecule has 0 radical (unpaired) electrons. The molecule has 0 unspecified atom stereocenters. The van der Waals surface area contributed by atoms with Gasteiger partial charge in [-0.2, -0.15) is 0 Å². The smallest absolute Gasteiger partial charge is 0.266 e. The summed E-state index contributed by atoms with van der Waals surface area (Å²) in [6, 6.07) is 13.0. The third-order valence-corrected chi connectivity index (χ3v) is 5.26. The first kappa shape index (κ1) is 21.4. The Kier molecular flexibility index (Phi) is 6.79. The number of benzene rings is 2. The molecule has 30 heavy (non-hydrogen) atoms. The van der Waals surface area contributed by atoms with Gasteiger partial charge in [0.05, 0.1) is 17.2 Å². The molecule has 0 atom stereocenters. The molecule has 156 valence electrons. The standard InChI is InChI=1S/C22H23N3O4S/c1-4-28-18-11-15(7-10-17(18)29-13-20(23)26)12-19-21(27)25(3)22(30-19)24-16-8-5-14(2)6-9-16/h5-12H,4,13H2,1-3H3,(H2,23,26)/b19-12+,24-22?. The van der Waals surface area contributed by atoms with E-state index in [1.165, 1.54) is 16.7 Å².